The number of oxazole rings is 1. The maximum Gasteiger partial charge on any atom is 0.292 e. The van der Waals surface area contributed by atoms with E-state index in [1.54, 1.807) is 10.7 Å². The third-order valence-corrected chi connectivity index (χ3v) is 4.26. The molecule has 4 aromatic rings. The van der Waals surface area contributed by atoms with E-state index in [1.165, 1.54) is 6.33 Å². The number of hydrogen-bond donors (Lipinski definition) is 2. The average Bonchev–Trinajstić information content (AvgIpc) is 3.22. The number of nitrogens with zero attached hydrogens (tertiary/aromatic N) is 5. The lowest BCUT2D eigenvalue weighted by Crippen LogP contribution is -2.24. The smallest absolute Gasteiger partial charge is 0.292 e. The number of ether oxygens (including phenoxy) is 2. The van der Waals surface area contributed by atoms with Gasteiger partial charge in [-0.15, -0.1) is 0 Å². The van der Waals surface area contributed by atoms with E-state index in [4.69, 9.17) is 30.5 Å². The van der Waals surface area contributed by atoms with Gasteiger partial charge in [-0.25, -0.2) is 14.6 Å². The lowest BCUT2D eigenvalue weighted by molar-refractivity contribution is -0.144. The molecule has 0 aliphatic heterocycles. The number of benzene rings is 1. The Bertz CT molecular complexity index is 1120. The second-order valence-corrected chi connectivity index (χ2v) is 6.06. The van der Waals surface area contributed by atoms with E-state index in [1.807, 2.05) is 26.0 Å². The van der Waals surface area contributed by atoms with Crippen molar-refractivity contribution in [1.82, 2.24) is 24.7 Å². The van der Waals surface area contributed by atoms with Gasteiger partial charge in [0.05, 0.1) is 11.9 Å². The molecule has 0 unspecified atom stereocenters. The number of nitrogens with two attached hydrogens (primary N) is 2. The SMILES string of the molecule is CCOC(Cn1nc(-c2ccc3oc(N)nc3c2)c2c(N)ncnc21)OCC. The standard InChI is InChI=1S/C18H21N7O3/c1-3-26-13(27-4-2)8-25-17-14(16(19)21-9-22-17)15(24-25)10-5-6-12-11(7-10)23-18(20)28-12/h5-7,9,13H,3-4,8H2,1-2H3,(H2,20,23)(H2,19,21,22). The molecule has 0 atom stereocenters. The first-order valence-electron chi connectivity index (χ1n) is 8.97. The molecule has 146 valence electrons. The molecule has 0 spiro atoms. The Balaban J connectivity index is 1.83. The van der Waals surface area contributed by atoms with Crippen molar-refractivity contribution >= 4 is 34.0 Å². The van der Waals surface area contributed by atoms with Crippen LogP contribution in [0.4, 0.5) is 11.8 Å². The molecule has 1 aromatic carbocycles. The fourth-order valence-corrected chi connectivity index (χ4v) is 3.12. The summed E-state index contributed by atoms with van der Waals surface area (Å²) in [4.78, 5) is 12.7. The molecule has 4 N–H and O–H groups in total. The third kappa shape index (κ3) is 3.23. The van der Waals surface area contributed by atoms with E-state index in [2.05, 4.69) is 15.0 Å². The molecule has 28 heavy (non-hydrogen) atoms. The van der Waals surface area contributed by atoms with Crippen LogP contribution < -0.4 is 11.5 Å². The van der Waals surface area contributed by atoms with E-state index in [-0.39, 0.29) is 6.01 Å². The predicted octanol–water partition coefficient (Wildman–Crippen LogP) is 2.20. The highest BCUT2D eigenvalue weighted by atomic mass is 16.7. The Hall–Kier alpha value is -3.24. The van der Waals surface area contributed by atoms with Crippen LogP contribution in [0.15, 0.2) is 28.9 Å². The second kappa shape index (κ2) is 7.41. The summed E-state index contributed by atoms with van der Waals surface area (Å²) in [6, 6.07) is 5.62. The zero-order valence-corrected chi connectivity index (χ0v) is 15.6. The van der Waals surface area contributed by atoms with Gasteiger partial charge < -0.3 is 25.4 Å². The van der Waals surface area contributed by atoms with Gasteiger partial charge in [-0.2, -0.15) is 10.1 Å². The summed E-state index contributed by atoms with van der Waals surface area (Å²) in [5, 5.41) is 5.38. The second-order valence-electron chi connectivity index (χ2n) is 6.06. The summed E-state index contributed by atoms with van der Waals surface area (Å²) < 4.78 is 18.4. The number of hydrogen-bond acceptors (Lipinski definition) is 9. The minimum atomic E-state index is -0.444. The maximum absolute atomic E-state index is 6.15. The molecule has 10 heteroatoms. The van der Waals surface area contributed by atoms with Gasteiger partial charge in [0.25, 0.3) is 6.01 Å². The van der Waals surface area contributed by atoms with Gasteiger partial charge in [0.1, 0.15) is 23.4 Å². The van der Waals surface area contributed by atoms with Crippen molar-refractivity contribution < 1.29 is 13.9 Å². The molecular formula is C18H21N7O3. The summed E-state index contributed by atoms with van der Waals surface area (Å²) >= 11 is 0. The minimum absolute atomic E-state index is 0.113. The van der Waals surface area contributed by atoms with Crippen LogP contribution in [0.3, 0.4) is 0 Å². The average molecular weight is 383 g/mol. The van der Waals surface area contributed by atoms with E-state index in [0.29, 0.717) is 53.4 Å². The van der Waals surface area contributed by atoms with Crippen molar-refractivity contribution in [3.8, 4) is 11.3 Å². The monoisotopic (exact) mass is 383 g/mol. The van der Waals surface area contributed by atoms with Gasteiger partial charge in [-0.05, 0) is 32.0 Å². The highest BCUT2D eigenvalue weighted by molar-refractivity contribution is 5.99. The molecule has 0 amide bonds. The molecule has 0 radical (unpaired) electrons. The number of aromatic nitrogens is 5. The van der Waals surface area contributed by atoms with Crippen LogP contribution in [-0.4, -0.2) is 44.2 Å². The molecule has 0 saturated heterocycles. The molecule has 3 heterocycles. The van der Waals surface area contributed by atoms with Crippen LogP contribution in [0.2, 0.25) is 0 Å². The van der Waals surface area contributed by atoms with Gasteiger partial charge in [-0.3, -0.25) is 0 Å². The summed E-state index contributed by atoms with van der Waals surface area (Å²) in [6.07, 6.45) is 0.970. The molecule has 0 fully saturated rings. The Morgan fingerprint density at radius 3 is 2.68 bits per heavy atom. The van der Waals surface area contributed by atoms with Crippen molar-refractivity contribution in [2.45, 2.75) is 26.7 Å². The first-order valence-corrected chi connectivity index (χ1v) is 8.97. The zero-order valence-electron chi connectivity index (χ0n) is 15.6. The van der Waals surface area contributed by atoms with E-state index in [9.17, 15) is 0 Å². The fourth-order valence-electron chi connectivity index (χ4n) is 3.12. The van der Waals surface area contributed by atoms with Crippen LogP contribution in [0.1, 0.15) is 13.8 Å². The zero-order chi connectivity index (χ0) is 19.7. The summed E-state index contributed by atoms with van der Waals surface area (Å²) in [6.45, 7) is 5.25. The molecule has 4 rings (SSSR count). The van der Waals surface area contributed by atoms with Crippen LogP contribution in [0, 0.1) is 0 Å². The Kier molecular flexibility index (Phi) is 4.80. The lowest BCUT2D eigenvalue weighted by atomic mass is 10.1. The van der Waals surface area contributed by atoms with Crippen LogP contribution >= 0.6 is 0 Å². The Morgan fingerprint density at radius 1 is 1.14 bits per heavy atom. The highest BCUT2D eigenvalue weighted by Gasteiger charge is 2.20. The van der Waals surface area contributed by atoms with Gasteiger partial charge in [0.2, 0.25) is 0 Å². The summed E-state index contributed by atoms with van der Waals surface area (Å²) in [7, 11) is 0. The predicted molar refractivity (Wildman–Crippen MR) is 104 cm³/mol. The van der Waals surface area contributed by atoms with Crippen molar-refractivity contribution in [3.63, 3.8) is 0 Å². The van der Waals surface area contributed by atoms with E-state index >= 15 is 0 Å². The van der Waals surface area contributed by atoms with Crippen LogP contribution in [0.25, 0.3) is 33.4 Å². The number of rotatable bonds is 7. The van der Waals surface area contributed by atoms with Gasteiger partial charge in [0.15, 0.2) is 17.5 Å². The molecule has 0 aliphatic rings. The largest absolute Gasteiger partial charge is 0.424 e. The maximum atomic E-state index is 6.15. The van der Waals surface area contributed by atoms with Crippen molar-refractivity contribution in [2.75, 3.05) is 24.7 Å². The minimum Gasteiger partial charge on any atom is -0.424 e. The number of anilines is 2. The van der Waals surface area contributed by atoms with Crippen molar-refractivity contribution in [2.24, 2.45) is 0 Å². The van der Waals surface area contributed by atoms with Crippen molar-refractivity contribution in [3.05, 3.63) is 24.5 Å². The molecule has 10 nitrogen and oxygen atoms in total. The molecule has 3 aromatic heterocycles. The van der Waals surface area contributed by atoms with Gasteiger partial charge in [-0.1, -0.05) is 0 Å². The number of nitrogen functional groups attached to an aromatic ring is 2. The quantitative estimate of drug-likeness (QED) is 0.459. The topological polar surface area (TPSA) is 140 Å². The summed E-state index contributed by atoms with van der Waals surface area (Å²) in [5.41, 5.74) is 15.1. The Labute approximate surface area is 160 Å². The van der Waals surface area contributed by atoms with Crippen molar-refractivity contribution in [1.29, 1.82) is 0 Å². The van der Waals surface area contributed by atoms with Crippen LogP contribution in [0.5, 0.6) is 0 Å². The van der Waals surface area contributed by atoms with Crippen LogP contribution in [-0.2, 0) is 16.0 Å². The molecule has 0 bridgehead atoms. The molecule has 0 aliphatic carbocycles. The fraction of sp³-hybridized carbons (Fsp3) is 0.333. The normalized spacial score (nSPS) is 11.8. The molecular weight excluding hydrogens is 362 g/mol. The summed E-state index contributed by atoms with van der Waals surface area (Å²) in [5.74, 6) is 0.343. The van der Waals surface area contributed by atoms with E-state index < -0.39 is 6.29 Å². The Morgan fingerprint density at radius 2 is 1.93 bits per heavy atom. The highest BCUT2D eigenvalue weighted by Crippen LogP contribution is 2.32. The van der Waals surface area contributed by atoms with E-state index in [0.717, 1.165) is 5.56 Å². The molecule has 0 saturated carbocycles. The van der Waals surface area contributed by atoms with Gasteiger partial charge >= 0.3 is 0 Å². The third-order valence-electron chi connectivity index (χ3n) is 4.26. The lowest BCUT2D eigenvalue weighted by Gasteiger charge is -2.16. The number of fused-ring (bicyclic) bond motifs is 2. The first-order chi connectivity index (χ1) is 13.6. The van der Waals surface area contributed by atoms with Gasteiger partial charge in [0, 0.05) is 18.8 Å². The first kappa shape index (κ1) is 18.1.